The van der Waals surface area contributed by atoms with Gasteiger partial charge in [-0.2, -0.15) is 13.2 Å². The van der Waals surface area contributed by atoms with E-state index in [-0.39, 0.29) is 23.4 Å². The van der Waals surface area contributed by atoms with E-state index in [1.54, 1.807) is 35.9 Å². The van der Waals surface area contributed by atoms with Crippen LogP contribution in [-0.4, -0.2) is 53.4 Å². The first-order valence-electron chi connectivity index (χ1n) is 13.7. The number of aromatic nitrogens is 1. The molecule has 4 aromatic rings. The Morgan fingerprint density at radius 2 is 1.79 bits per heavy atom. The number of halogens is 4. The van der Waals surface area contributed by atoms with Gasteiger partial charge in [0.15, 0.2) is 0 Å². The Kier molecular flexibility index (Phi) is 9.47. The summed E-state index contributed by atoms with van der Waals surface area (Å²) in [5.41, 5.74) is 2.29. The summed E-state index contributed by atoms with van der Waals surface area (Å²) in [4.78, 5) is 22.8. The first kappa shape index (κ1) is 30.0. The second-order valence-electron chi connectivity index (χ2n) is 10.2. The fourth-order valence-corrected chi connectivity index (χ4v) is 5.90. The quantitative estimate of drug-likeness (QED) is 0.205. The molecule has 220 valence electrons. The number of rotatable bonds is 9. The maximum atomic E-state index is 14.0. The number of benzene rings is 2. The highest BCUT2D eigenvalue weighted by Gasteiger charge is 2.34. The number of nitrogens with zero attached hydrogens (tertiary/aromatic N) is 3. The summed E-state index contributed by atoms with van der Waals surface area (Å²) in [6.45, 7) is 6.75. The van der Waals surface area contributed by atoms with E-state index in [0.29, 0.717) is 30.3 Å². The number of hydrogen-bond donors (Lipinski definition) is 2. The molecule has 0 spiro atoms. The Morgan fingerprint density at radius 3 is 2.50 bits per heavy atom. The molecule has 1 aliphatic rings. The van der Waals surface area contributed by atoms with Crippen LogP contribution < -0.4 is 10.6 Å². The van der Waals surface area contributed by atoms with Crippen molar-refractivity contribution in [2.24, 2.45) is 0 Å². The molecule has 0 saturated carbocycles. The first-order chi connectivity index (χ1) is 20.2. The molecule has 2 aromatic heterocycles. The molecule has 6 nitrogen and oxygen atoms in total. The van der Waals surface area contributed by atoms with Crippen molar-refractivity contribution >= 4 is 40.2 Å². The third-order valence-electron chi connectivity index (χ3n) is 7.24. The molecule has 1 aliphatic heterocycles. The lowest BCUT2D eigenvalue weighted by Gasteiger charge is -2.34. The van der Waals surface area contributed by atoms with E-state index in [1.807, 2.05) is 28.5 Å². The van der Waals surface area contributed by atoms with Gasteiger partial charge in [-0.15, -0.1) is 11.3 Å². The van der Waals surface area contributed by atoms with Crippen molar-refractivity contribution in [1.29, 1.82) is 0 Å². The highest BCUT2D eigenvalue weighted by Crippen LogP contribution is 2.35. The van der Waals surface area contributed by atoms with Crippen LogP contribution in [0.2, 0.25) is 5.02 Å². The van der Waals surface area contributed by atoms with Crippen LogP contribution in [0.3, 0.4) is 0 Å². The van der Waals surface area contributed by atoms with E-state index < -0.39 is 17.6 Å². The number of pyridine rings is 1. The predicted molar refractivity (Wildman–Crippen MR) is 163 cm³/mol. The van der Waals surface area contributed by atoms with Crippen LogP contribution in [0, 0.1) is 0 Å². The molecule has 0 aliphatic carbocycles. The largest absolute Gasteiger partial charge is 0.416 e. The van der Waals surface area contributed by atoms with Crippen LogP contribution >= 0.6 is 22.9 Å². The standard InChI is InChI=1S/C31H31ClF3N5OS/c1-2-39-7-9-40(10-8-39)20-22-5-6-26(16-28(22)31(33,34)35)38-30(41)23-13-25(32)15-27(14-23)37-18-21-12-24(19-36-17-21)29-4-3-11-42-29/h3-6,11-17,19,37H,2,7-10,18,20H2,1H3,(H,38,41). The maximum Gasteiger partial charge on any atom is 0.416 e. The first-order valence-corrected chi connectivity index (χ1v) is 14.9. The Balaban J connectivity index is 1.27. The highest BCUT2D eigenvalue weighted by molar-refractivity contribution is 7.13. The van der Waals surface area contributed by atoms with Gasteiger partial charge in [0.2, 0.25) is 0 Å². The van der Waals surface area contributed by atoms with Crippen molar-refractivity contribution in [1.82, 2.24) is 14.8 Å². The van der Waals surface area contributed by atoms with Gasteiger partial charge in [0.1, 0.15) is 0 Å². The second-order valence-corrected chi connectivity index (χ2v) is 11.6. The number of anilines is 2. The van der Waals surface area contributed by atoms with E-state index in [0.717, 1.165) is 41.7 Å². The molecule has 0 atom stereocenters. The molecule has 0 unspecified atom stereocenters. The fourth-order valence-electron chi connectivity index (χ4n) is 4.95. The average Bonchev–Trinajstić information content (AvgIpc) is 3.52. The van der Waals surface area contributed by atoms with Crippen molar-refractivity contribution < 1.29 is 18.0 Å². The summed E-state index contributed by atoms with van der Waals surface area (Å²) in [6.07, 6.45) is -0.985. The zero-order valence-electron chi connectivity index (χ0n) is 23.0. The number of alkyl halides is 3. The van der Waals surface area contributed by atoms with E-state index in [2.05, 4.69) is 27.4 Å². The Bertz CT molecular complexity index is 1520. The molecule has 1 fully saturated rings. The number of carbonyl (C=O) groups is 1. The summed E-state index contributed by atoms with van der Waals surface area (Å²) < 4.78 is 42.1. The normalized spacial score (nSPS) is 14.6. The monoisotopic (exact) mass is 613 g/mol. The van der Waals surface area contributed by atoms with Crippen molar-refractivity contribution in [3.8, 4) is 10.4 Å². The molecular formula is C31H31ClF3N5OS. The molecule has 2 aromatic carbocycles. The number of hydrogen-bond acceptors (Lipinski definition) is 6. The highest BCUT2D eigenvalue weighted by atomic mass is 35.5. The summed E-state index contributed by atoms with van der Waals surface area (Å²) in [7, 11) is 0. The Morgan fingerprint density at radius 1 is 1.00 bits per heavy atom. The van der Waals surface area contributed by atoms with Crippen LogP contribution in [0.15, 0.2) is 72.4 Å². The number of thiophene rings is 1. The number of piperazine rings is 1. The third kappa shape index (κ3) is 7.69. The van der Waals surface area contributed by atoms with Gasteiger partial charge in [-0.25, -0.2) is 0 Å². The van der Waals surface area contributed by atoms with Gasteiger partial charge in [-0.1, -0.05) is 30.7 Å². The van der Waals surface area contributed by atoms with Crippen LogP contribution in [0.4, 0.5) is 24.5 Å². The van der Waals surface area contributed by atoms with E-state index in [4.69, 9.17) is 11.6 Å². The molecule has 0 bridgehead atoms. The van der Waals surface area contributed by atoms with Crippen LogP contribution in [0.5, 0.6) is 0 Å². The minimum Gasteiger partial charge on any atom is -0.381 e. The topological polar surface area (TPSA) is 60.5 Å². The third-order valence-corrected chi connectivity index (χ3v) is 8.37. The minimum atomic E-state index is -4.55. The van der Waals surface area contributed by atoms with Gasteiger partial charge in [0, 0.05) is 84.1 Å². The fraction of sp³-hybridized carbons (Fsp3) is 0.290. The van der Waals surface area contributed by atoms with E-state index >= 15 is 0 Å². The SMILES string of the molecule is CCN1CCN(Cc2ccc(NC(=O)c3cc(Cl)cc(NCc4cncc(-c5cccs5)c4)c3)cc2C(F)(F)F)CC1. The summed E-state index contributed by atoms with van der Waals surface area (Å²) in [5.74, 6) is -0.557. The Labute approximate surface area is 252 Å². The zero-order valence-corrected chi connectivity index (χ0v) is 24.6. The molecule has 5 rings (SSSR count). The van der Waals surface area contributed by atoms with Gasteiger partial charge in [-0.3, -0.25) is 14.7 Å². The smallest absolute Gasteiger partial charge is 0.381 e. The molecule has 2 N–H and O–H groups in total. The van der Waals surface area contributed by atoms with Crippen LogP contribution in [0.25, 0.3) is 10.4 Å². The van der Waals surface area contributed by atoms with Crippen LogP contribution in [-0.2, 0) is 19.3 Å². The van der Waals surface area contributed by atoms with E-state index in [9.17, 15) is 18.0 Å². The lowest BCUT2D eigenvalue weighted by atomic mass is 10.0. The molecule has 42 heavy (non-hydrogen) atoms. The second kappa shape index (κ2) is 13.2. The predicted octanol–water partition coefficient (Wildman–Crippen LogP) is 7.48. The summed E-state index contributed by atoms with van der Waals surface area (Å²) >= 11 is 7.93. The van der Waals surface area contributed by atoms with Crippen molar-refractivity contribution in [2.75, 3.05) is 43.4 Å². The average molecular weight is 614 g/mol. The number of carbonyl (C=O) groups excluding carboxylic acids is 1. The van der Waals surface area contributed by atoms with Gasteiger partial charge in [0.25, 0.3) is 5.91 Å². The molecule has 0 radical (unpaired) electrons. The van der Waals surface area contributed by atoms with Gasteiger partial charge in [-0.05, 0) is 65.5 Å². The molecule has 1 amide bonds. The number of nitrogens with one attached hydrogen (secondary N) is 2. The van der Waals surface area contributed by atoms with Crippen molar-refractivity contribution in [3.05, 3.63) is 99.6 Å². The zero-order chi connectivity index (χ0) is 29.7. The van der Waals surface area contributed by atoms with Crippen molar-refractivity contribution in [2.45, 2.75) is 26.2 Å². The number of likely N-dealkylation sites (N-methyl/N-ethyl adjacent to an activating group) is 1. The lowest BCUT2D eigenvalue weighted by molar-refractivity contribution is -0.138. The number of amides is 1. The molecule has 3 heterocycles. The van der Waals surface area contributed by atoms with Crippen molar-refractivity contribution in [3.63, 3.8) is 0 Å². The summed E-state index contributed by atoms with van der Waals surface area (Å²) in [6, 6.07) is 14.8. The summed E-state index contributed by atoms with van der Waals surface area (Å²) in [5, 5.41) is 8.20. The molecule has 1 saturated heterocycles. The maximum absolute atomic E-state index is 14.0. The minimum absolute atomic E-state index is 0.0674. The van der Waals surface area contributed by atoms with E-state index in [1.165, 1.54) is 18.2 Å². The molecular weight excluding hydrogens is 583 g/mol. The van der Waals surface area contributed by atoms with Gasteiger partial charge >= 0.3 is 6.18 Å². The van der Waals surface area contributed by atoms with Gasteiger partial charge < -0.3 is 15.5 Å². The Hall–Kier alpha value is -3.44. The molecule has 11 heteroatoms. The van der Waals surface area contributed by atoms with Crippen LogP contribution in [0.1, 0.15) is 34.0 Å². The lowest BCUT2D eigenvalue weighted by Crippen LogP contribution is -2.45. The van der Waals surface area contributed by atoms with Gasteiger partial charge in [0.05, 0.1) is 5.56 Å².